The van der Waals surface area contributed by atoms with Gasteiger partial charge in [-0.15, -0.1) is 0 Å². The van der Waals surface area contributed by atoms with E-state index in [-0.39, 0.29) is 5.97 Å². The van der Waals surface area contributed by atoms with Crippen LogP contribution < -0.4 is 5.32 Å². The van der Waals surface area contributed by atoms with E-state index in [9.17, 15) is 4.79 Å². The molecule has 0 aliphatic rings. The first kappa shape index (κ1) is 10.9. The molecule has 4 heteroatoms. The number of nitrogens with zero attached hydrogens (tertiary/aromatic N) is 1. The van der Waals surface area contributed by atoms with E-state index in [1.54, 1.807) is 12.3 Å². The third-order valence-electron chi connectivity index (χ3n) is 1.95. The Morgan fingerprint density at radius 1 is 1.43 bits per heavy atom. The summed E-state index contributed by atoms with van der Waals surface area (Å²) in [5, 5.41) is 1.03. The summed E-state index contributed by atoms with van der Waals surface area (Å²) in [7, 11) is -0.0563. The molecule has 14 heavy (non-hydrogen) atoms. The summed E-state index contributed by atoms with van der Waals surface area (Å²) in [6.45, 7) is 6.57. The average molecular weight is 209 g/mol. The van der Waals surface area contributed by atoms with Crippen molar-refractivity contribution in [3.8, 4) is 0 Å². The number of carbonyl (C=O) groups is 1. The van der Waals surface area contributed by atoms with Gasteiger partial charge in [0, 0.05) is 11.5 Å². The fourth-order valence-electron chi connectivity index (χ4n) is 1.09. The third kappa shape index (κ3) is 2.42. The second-order valence-electron chi connectivity index (χ2n) is 4.17. The highest BCUT2D eigenvalue weighted by molar-refractivity contribution is 6.88. The molecule has 0 saturated carbocycles. The van der Waals surface area contributed by atoms with Crippen LogP contribution in [-0.4, -0.2) is 26.1 Å². The largest absolute Gasteiger partial charge is 0.465 e. The Kier molecular flexibility index (Phi) is 3.05. The van der Waals surface area contributed by atoms with Crippen molar-refractivity contribution in [2.45, 2.75) is 19.6 Å². The number of esters is 1. The molecule has 76 valence electrons. The summed E-state index contributed by atoms with van der Waals surface area (Å²) in [6, 6.07) is 3.51. The quantitative estimate of drug-likeness (QED) is 0.546. The molecular weight excluding hydrogens is 194 g/mol. The number of aromatic nitrogens is 1. The van der Waals surface area contributed by atoms with Crippen molar-refractivity contribution >= 4 is 19.4 Å². The zero-order valence-corrected chi connectivity index (χ0v) is 10.00. The van der Waals surface area contributed by atoms with E-state index < -0.39 is 8.07 Å². The number of hydrogen-bond acceptors (Lipinski definition) is 3. The third-order valence-corrected chi connectivity index (χ3v) is 3.76. The Balaban J connectivity index is 3.08. The zero-order valence-electron chi connectivity index (χ0n) is 9.00. The Morgan fingerprint density at radius 3 is 2.57 bits per heavy atom. The highest BCUT2D eigenvalue weighted by atomic mass is 28.3. The molecule has 0 radical (unpaired) electrons. The second-order valence-corrected chi connectivity index (χ2v) is 9.18. The van der Waals surface area contributed by atoms with Crippen LogP contribution in [0.15, 0.2) is 18.3 Å². The monoisotopic (exact) mass is 209 g/mol. The van der Waals surface area contributed by atoms with E-state index in [0.29, 0.717) is 5.56 Å². The molecule has 0 N–H and O–H groups in total. The van der Waals surface area contributed by atoms with Crippen molar-refractivity contribution in [3.05, 3.63) is 23.9 Å². The van der Waals surface area contributed by atoms with E-state index in [0.717, 1.165) is 5.32 Å². The SMILES string of the molecule is COC(=O)c1ccnc([Si](C)(C)C)c1. The molecule has 0 aliphatic carbocycles. The van der Waals surface area contributed by atoms with Gasteiger partial charge in [-0.05, 0) is 12.1 Å². The lowest BCUT2D eigenvalue weighted by Gasteiger charge is -2.15. The van der Waals surface area contributed by atoms with Gasteiger partial charge < -0.3 is 4.74 Å². The van der Waals surface area contributed by atoms with Crippen LogP contribution in [-0.2, 0) is 4.74 Å². The Morgan fingerprint density at radius 2 is 2.07 bits per heavy atom. The molecule has 1 rings (SSSR count). The van der Waals surface area contributed by atoms with Crippen LogP contribution in [0.1, 0.15) is 10.4 Å². The first-order valence-corrected chi connectivity index (χ1v) is 8.00. The highest BCUT2D eigenvalue weighted by Gasteiger charge is 2.19. The maximum atomic E-state index is 11.3. The van der Waals surface area contributed by atoms with Gasteiger partial charge in [0.25, 0.3) is 0 Å². The Hall–Kier alpha value is -1.16. The first-order chi connectivity index (χ1) is 6.45. The van der Waals surface area contributed by atoms with Gasteiger partial charge in [-0.3, -0.25) is 4.98 Å². The van der Waals surface area contributed by atoms with Gasteiger partial charge >= 0.3 is 5.97 Å². The van der Waals surface area contributed by atoms with Crippen LogP contribution in [0, 0.1) is 0 Å². The van der Waals surface area contributed by atoms with Crippen LogP contribution in [0.4, 0.5) is 0 Å². The topological polar surface area (TPSA) is 39.2 Å². The Bertz CT molecular complexity index is 344. The van der Waals surface area contributed by atoms with E-state index in [4.69, 9.17) is 0 Å². The molecule has 0 unspecified atom stereocenters. The van der Waals surface area contributed by atoms with Crippen molar-refractivity contribution in [2.75, 3.05) is 7.11 Å². The predicted octanol–water partition coefficient (Wildman–Crippen LogP) is 1.41. The molecule has 0 spiro atoms. The molecule has 0 aromatic carbocycles. The summed E-state index contributed by atoms with van der Waals surface area (Å²) in [4.78, 5) is 15.5. The number of carbonyl (C=O) groups excluding carboxylic acids is 1. The minimum Gasteiger partial charge on any atom is -0.465 e. The standard InChI is InChI=1S/C10H15NO2Si/c1-13-10(12)8-5-6-11-9(7-8)14(2,3)4/h5-7H,1-4H3. The summed E-state index contributed by atoms with van der Waals surface area (Å²) in [5.74, 6) is -0.299. The maximum absolute atomic E-state index is 11.3. The zero-order chi connectivity index (χ0) is 10.8. The molecular formula is C10H15NO2Si. The lowest BCUT2D eigenvalue weighted by atomic mass is 10.3. The van der Waals surface area contributed by atoms with Gasteiger partial charge in [-0.2, -0.15) is 0 Å². The van der Waals surface area contributed by atoms with E-state index >= 15 is 0 Å². The molecule has 3 nitrogen and oxygen atoms in total. The maximum Gasteiger partial charge on any atom is 0.337 e. The fourth-order valence-corrected chi connectivity index (χ4v) is 2.14. The number of rotatable bonds is 2. The van der Waals surface area contributed by atoms with Crippen molar-refractivity contribution < 1.29 is 9.53 Å². The summed E-state index contributed by atoms with van der Waals surface area (Å²) < 4.78 is 4.65. The predicted molar refractivity (Wildman–Crippen MR) is 58.6 cm³/mol. The number of pyridine rings is 1. The summed E-state index contributed by atoms with van der Waals surface area (Å²) >= 11 is 0. The summed E-state index contributed by atoms with van der Waals surface area (Å²) in [6.07, 6.45) is 1.67. The minimum atomic E-state index is -1.44. The lowest BCUT2D eigenvalue weighted by Crippen LogP contribution is -2.40. The smallest absolute Gasteiger partial charge is 0.337 e. The van der Waals surface area contributed by atoms with Gasteiger partial charge in [0.2, 0.25) is 0 Å². The molecule has 1 aromatic rings. The van der Waals surface area contributed by atoms with E-state index in [2.05, 4.69) is 29.4 Å². The van der Waals surface area contributed by atoms with Crippen molar-refractivity contribution in [1.29, 1.82) is 0 Å². The molecule has 0 amide bonds. The normalized spacial score (nSPS) is 11.1. The van der Waals surface area contributed by atoms with Gasteiger partial charge in [0.05, 0.1) is 12.7 Å². The average Bonchev–Trinajstić information content (AvgIpc) is 2.15. The molecule has 0 bridgehead atoms. The van der Waals surface area contributed by atoms with Crippen molar-refractivity contribution in [2.24, 2.45) is 0 Å². The number of methoxy groups -OCH3 is 1. The Labute approximate surface area is 85.1 Å². The molecule has 0 saturated heterocycles. The van der Waals surface area contributed by atoms with E-state index in [1.165, 1.54) is 7.11 Å². The van der Waals surface area contributed by atoms with Crippen LogP contribution in [0.2, 0.25) is 19.6 Å². The highest BCUT2D eigenvalue weighted by Crippen LogP contribution is 2.03. The van der Waals surface area contributed by atoms with Crippen molar-refractivity contribution in [3.63, 3.8) is 0 Å². The lowest BCUT2D eigenvalue weighted by molar-refractivity contribution is 0.0600. The summed E-state index contributed by atoms with van der Waals surface area (Å²) in [5.41, 5.74) is 0.583. The van der Waals surface area contributed by atoms with Gasteiger partial charge in [0.1, 0.15) is 8.07 Å². The van der Waals surface area contributed by atoms with Gasteiger partial charge in [0.15, 0.2) is 0 Å². The molecule has 0 aliphatic heterocycles. The molecule has 0 atom stereocenters. The van der Waals surface area contributed by atoms with Crippen LogP contribution in [0.25, 0.3) is 0 Å². The number of hydrogen-bond donors (Lipinski definition) is 0. The molecule has 1 heterocycles. The fraction of sp³-hybridized carbons (Fsp3) is 0.400. The van der Waals surface area contributed by atoms with E-state index in [1.807, 2.05) is 6.07 Å². The van der Waals surface area contributed by atoms with Crippen LogP contribution in [0.3, 0.4) is 0 Å². The van der Waals surface area contributed by atoms with Gasteiger partial charge in [-0.1, -0.05) is 19.6 Å². The second kappa shape index (κ2) is 3.92. The van der Waals surface area contributed by atoms with Gasteiger partial charge in [-0.25, -0.2) is 4.79 Å². The van der Waals surface area contributed by atoms with Crippen LogP contribution in [0.5, 0.6) is 0 Å². The first-order valence-electron chi connectivity index (χ1n) is 4.50. The minimum absolute atomic E-state index is 0.299. The van der Waals surface area contributed by atoms with Crippen LogP contribution >= 0.6 is 0 Å². The molecule has 0 fully saturated rings. The molecule has 1 aromatic heterocycles. The van der Waals surface area contributed by atoms with Crippen molar-refractivity contribution in [1.82, 2.24) is 4.98 Å². The number of ether oxygens (including phenoxy) is 1.